The Labute approximate surface area is 164 Å². The minimum absolute atomic E-state index is 0.0162. The molecule has 1 atom stereocenters. The van der Waals surface area contributed by atoms with Crippen molar-refractivity contribution in [2.45, 2.75) is 39.2 Å². The van der Waals surface area contributed by atoms with Gasteiger partial charge in [0, 0.05) is 30.9 Å². The lowest BCUT2D eigenvalue weighted by molar-refractivity contribution is -0.135. The molecule has 1 unspecified atom stereocenters. The fraction of sp³-hybridized carbons (Fsp3) is 0.391. The first-order chi connectivity index (χ1) is 13.5. The number of phenolic OH excluding ortho intramolecular Hbond substituents is 1. The predicted octanol–water partition coefficient (Wildman–Crippen LogP) is 3.85. The fourth-order valence-corrected chi connectivity index (χ4v) is 4.21. The van der Waals surface area contributed by atoms with Crippen LogP contribution in [0.2, 0.25) is 0 Å². The fourth-order valence-electron chi connectivity index (χ4n) is 4.21. The summed E-state index contributed by atoms with van der Waals surface area (Å²) in [4.78, 5) is 26.5. The summed E-state index contributed by atoms with van der Waals surface area (Å²) in [5.41, 5.74) is 3.85. The number of benzene rings is 2. The Morgan fingerprint density at radius 2 is 2.11 bits per heavy atom. The van der Waals surface area contributed by atoms with E-state index in [1.54, 1.807) is 11.0 Å². The summed E-state index contributed by atoms with van der Waals surface area (Å²) in [7, 11) is 0. The maximum Gasteiger partial charge on any atom is 0.223 e. The Morgan fingerprint density at radius 1 is 1.29 bits per heavy atom. The molecule has 146 valence electrons. The SMILES string of the molecule is Cc1ccccc1-c1cc(O)c2c(c1)CN(C(=O)CC1CCCC1=O)CCO2. The molecular formula is C23H25NO4. The van der Waals surface area contributed by atoms with Crippen molar-refractivity contribution in [3.63, 3.8) is 0 Å². The summed E-state index contributed by atoms with van der Waals surface area (Å²) in [5, 5.41) is 10.5. The van der Waals surface area contributed by atoms with Crippen LogP contribution >= 0.6 is 0 Å². The Kier molecular flexibility index (Phi) is 5.07. The number of aryl methyl sites for hydroxylation is 1. The molecule has 5 nitrogen and oxygen atoms in total. The van der Waals surface area contributed by atoms with E-state index in [0.717, 1.165) is 35.1 Å². The van der Waals surface area contributed by atoms with Crippen molar-refractivity contribution in [2.24, 2.45) is 5.92 Å². The zero-order valence-corrected chi connectivity index (χ0v) is 16.1. The van der Waals surface area contributed by atoms with Crippen LogP contribution in [0.1, 0.15) is 36.8 Å². The molecule has 28 heavy (non-hydrogen) atoms. The Hall–Kier alpha value is -2.82. The molecule has 0 aromatic heterocycles. The van der Waals surface area contributed by atoms with E-state index in [9.17, 15) is 14.7 Å². The number of rotatable bonds is 3. The van der Waals surface area contributed by atoms with Crippen molar-refractivity contribution in [1.82, 2.24) is 4.90 Å². The van der Waals surface area contributed by atoms with E-state index in [0.29, 0.717) is 31.9 Å². The van der Waals surface area contributed by atoms with Gasteiger partial charge >= 0.3 is 0 Å². The van der Waals surface area contributed by atoms with Crippen molar-refractivity contribution in [1.29, 1.82) is 0 Å². The van der Waals surface area contributed by atoms with Crippen LogP contribution in [-0.4, -0.2) is 34.8 Å². The predicted molar refractivity (Wildman–Crippen MR) is 106 cm³/mol. The number of carbonyl (C=O) groups excluding carboxylic acids is 2. The van der Waals surface area contributed by atoms with Crippen LogP contribution < -0.4 is 4.74 Å². The van der Waals surface area contributed by atoms with Gasteiger partial charge in [-0.05, 0) is 48.6 Å². The monoisotopic (exact) mass is 379 g/mol. The lowest BCUT2D eigenvalue weighted by atomic mass is 9.97. The van der Waals surface area contributed by atoms with Crippen LogP contribution in [0.15, 0.2) is 36.4 Å². The van der Waals surface area contributed by atoms with Crippen LogP contribution in [0.5, 0.6) is 11.5 Å². The molecule has 1 amide bonds. The molecule has 1 heterocycles. The Morgan fingerprint density at radius 3 is 2.86 bits per heavy atom. The normalized spacial score (nSPS) is 19.1. The van der Waals surface area contributed by atoms with E-state index >= 15 is 0 Å². The van der Waals surface area contributed by atoms with Crippen LogP contribution in [0, 0.1) is 12.8 Å². The lowest BCUT2D eigenvalue weighted by Crippen LogP contribution is -2.34. The molecule has 0 spiro atoms. The van der Waals surface area contributed by atoms with Crippen LogP contribution in [-0.2, 0) is 16.1 Å². The molecule has 1 N–H and O–H groups in total. The van der Waals surface area contributed by atoms with Gasteiger partial charge in [-0.15, -0.1) is 0 Å². The molecule has 1 aliphatic heterocycles. The highest BCUT2D eigenvalue weighted by molar-refractivity contribution is 5.88. The molecule has 1 saturated carbocycles. The number of phenols is 1. The van der Waals surface area contributed by atoms with Gasteiger partial charge in [0.05, 0.1) is 6.54 Å². The van der Waals surface area contributed by atoms with Gasteiger partial charge in [0.2, 0.25) is 5.91 Å². The van der Waals surface area contributed by atoms with Gasteiger partial charge in [-0.3, -0.25) is 9.59 Å². The van der Waals surface area contributed by atoms with Crippen LogP contribution in [0.3, 0.4) is 0 Å². The van der Waals surface area contributed by atoms with Gasteiger partial charge in [-0.25, -0.2) is 0 Å². The number of hydrogen-bond acceptors (Lipinski definition) is 4. The second kappa shape index (κ2) is 7.66. The van der Waals surface area contributed by atoms with Gasteiger partial charge in [0.1, 0.15) is 12.4 Å². The molecule has 2 aromatic rings. The second-order valence-electron chi connectivity index (χ2n) is 7.72. The Bertz CT molecular complexity index is 921. The standard InChI is InChI=1S/C23H25NO4/c1-15-5-2-3-7-19(15)17-11-18-14-24(9-10-28-23(18)21(26)12-17)22(27)13-16-6-4-8-20(16)25/h2-3,5,7,11-12,16,26H,4,6,8-10,13-14H2,1H3. The number of ketones is 1. The topological polar surface area (TPSA) is 66.8 Å². The number of amides is 1. The summed E-state index contributed by atoms with van der Waals surface area (Å²) >= 11 is 0. The number of aromatic hydroxyl groups is 1. The minimum atomic E-state index is -0.136. The second-order valence-corrected chi connectivity index (χ2v) is 7.72. The summed E-state index contributed by atoms with van der Waals surface area (Å²) < 4.78 is 5.76. The third-order valence-corrected chi connectivity index (χ3v) is 5.78. The number of carbonyl (C=O) groups is 2. The van der Waals surface area contributed by atoms with Gasteiger partial charge < -0.3 is 14.7 Å². The molecule has 2 aromatic carbocycles. The number of Topliss-reactive ketones (excluding diaryl/α,β-unsaturated/α-hetero) is 1. The molecule has 4 rings (SSSR count). The Balaban J connectivity index is 1.60. The third-order valence-electron chi connectivity index (χ3n) is 5.78. The molecule has 1 fully saturated rings. The van der Waals surface area contributed by atoms with E-state index in [-0.39, 0.29) is 29.8 Å². The maximum absolute atomic E-state index is 12.8. The smallest absolute Gasteiger partial charge is 0.223 e. The number of fused-ring (bicyclic) bond motifs is 1. The van der Waals surface area contributed by atoms with Gasteiger partial charge in [-0.1, -0.05) is 24.3 Å². The average Bonchev–Trinajstić information content (AvgIpc) is 2.94. The van der Waals surface area contributed by atoms with E-state index in [1.807, 2.05) is 37.3 Å². The third kappa shape index (κ3) is 3.61. The van der Waals surface area contributed by atoms with E-state index in [1.165, 1.54) is 0 Å². The molecule has 0 bridgehead atoms. The van der Waals surface area contributed by atoms with Gasteiger partial charge in [0.25, 0.3) is 0 Å². The van der Waals surface area contributed by atoms with Crippen molar-refractivity contribution in [3.8, 4) is 22.6 Å². The van der Waals surface area contributed by atoms with Crippen molar-refractivity contribution >= 4 is 11.7 Å². The molecule has 0 saturated heterocycles. The summed E-state index contributed by atoms with van der Waals surface area (Å²) in [5.74, 6) is 0.597. The first-order valence-corrected chi connectivity index (χ1v) is 9.88. The van der Waals surface area contributed by atoms with Crippen molar-refractivity contribution < 1.29 is 19.4 Å². The number of hydrogen-bond donors (Lipinski definition) is 1. The highest BCUT2D eigenvalue weighted by Gasteiger charge is 2.30. The average molecular weight is 379 g/mol. The van der Waals surface area contributed by atoms with Crippen molar-refractivity contribution in [3.05, 3.63) is 47.5 Å². The van der Waals surface area contributed by atoms with E-state index in [2.05, 4.69) is 0 Å². The molecule has 1 aliphatic carbocycles. The maximum atomic E-state index is 12.8. The minimum Gasteiger partial charge on any atom is -0.504 e. The first-order valence-electron chi connectivity index (χ1n) is 9.88. The summed E-state index contributed by atoms with van der Waals surface area (Å²) in [6.45, 7) is 3.19. The molecule has 0 radical (unpaired) electrons. The van der Waals surface area contributed by atoms with Crippen LogP contribution in [0.4, 0.5) is 0 Å². The zero-order valence-electron chi connectivity index (χ0n) is 16.1. The van der Waals surface area contributed by atoms with E-state index < -0.39 is 0 Å². The molecule has 5 heteroatoms. The van der Waals surface area contributed by atoms with Crippen LogP contribution in [0.25, 0.3) is 11.1 Å². The largest absolute Gasteiger partial charge is 0.504 e. The van der Waals surface area contributed by atoms with Crippen molar-refractivity contribution in [2.75, 3.05) is 13.2 Å². The van der Waals surface area contributed by atoms with Gasteiger partial charge in [-0.2, -0.15) is 0 Å². The first kappa shape index (κ1) is 18.5. The zero-order chi connectivity index (χ0) is 19.7. The highest BCUT2D eigenvalue weighted by Crippen LogP contribution is 2.38. The molecular weight excluding hydrogens is 354 g/mol. The summed E-state index contributed by atoms with van der Waals surface area (Å²) in [6, 6.07) is 11.7. The quantitative estimate of drug-likeness (QED) is 0.880. The summed E-state index contributed by atoms with van der Waals surface area (Å²) in [6.07, 6.45) is 2.56. The number of nitrogens with zero attached hydrogens (tertiary/aromatic N) is 1. The highest BCUT2D eigenvalue weighted by atomic mass is 16.5. The van der Waals surface area contributed by atoms with E-state index in [4.69, 9.17) is 4.74 Å². The van der Waals surface area contributed by atoms with Gasteiger partial charge in [0.15, 0.2) is 11.5 Å². The molecule has 2 aliphatic rings. The number of ether oxygens (including phenoxy) is 1. The lowest BCUT2D eigenvalue weighted by Gasteiger charge is -2.21.